The maximum absolute atomic E-state index is 13.4. The van der Waals surface area contributed by atoms with Crippen molar-refractivity contribution in [2.45, 2.75) is 43.4 Å². The second kappa shape index (κ2) is 8.19. The van der Waals surface area contributed by atoms with Crippen LogP contribution in [0.2, 0.25) is 5.02 Å². The van der Waals surface area contributed by atoms with Crippen molar-refractivity contribution >= 4 is 21.4 Å². The number of unbranched alkanes of at least 4 members (excludes halogenated alkanes) is 1. The molecule has 3 rings (SSSR count). The third kappa shape index (κ3) is 4.30. The summed E-state index contributed by atoms with van der Waals surface area (Å²) >= 11 is 6.33. The number of halogens is 2. The zero-order chi connectivity index (χ0) is 19.6. The van der Waals surface area contributed by atoms with Gasteiger partial charge in [-0.1, -0.05) is 43.5 Å². The topological polar surface area (TPSA) is 43.4 Å². The number of hydrogen-bond acceptors (Lipinski definition) is 3. The summed E-state index contributed by atoms with van der Waals surface area (Å²) in [6.45, 7) is 2.10. The van der Waals surface area contributed by atoms with Crippen molar-refractivity contribution in [1.82, 2.24) is 0 Å². The quantitative estimate of drug-likeness (QED) is 0.644. The molecule has 0 amide bonds. The Morgan fingerprint density at radius 2 is 1.93 bits per heavy atom. The summed E-state index contributed by atoms with van der Waals surface area (Å²) in [4.78, 5) is 0.275. The van der Waals surface area contributed by atoms with Gasteiger partial charge in [0.25, 0.3) is 0 Å². The first-order chi connectivity index (χ1) is 12.9. The Labute approximate surface area is 165 Å². The van der Waals surface area contributed by atoms with Gasteiger partial charge in [0, 0.05) is 12.0 Å². The fourth-order valence-corrected chi connectivity index (χ4v) is 6.08. The highest BCUT2D eigenvalue weighted by Gasteiger charge is 2.34. The van der Waals surface area contributed by atoms with E-state index in [4.69, 9.17) is 16.3 Å². The summed E-state index contributed by atoms with van der Waals surface area (Å²) in [5.74, 6) is 0.0485. The summed E-state index contributed by atoms with van der Waals surface area (Å²) in [6.07, 6.45) is 3.55. The molecule has 2 aromatic carbocycles. The summed E-state index contributed by atoms with van der Waals surface area (Å²) in [5, 5.41) is 0.380. The highest BCUT2D eigenvalue weighted by Crippen LogP contribution is 2.44. The average Bonchev–Trinajstić information content (AvgIpc) is 2.74. The Bertz CT molecular complexity index is 910. The van der Waals surface area contributed by atoms with Crippen molar-refractivity contribution < 1.29 is 17.5 Å². The molecule has 0 N–H and O–H groups in total. The van der Waals surface area contributed by atoms with Crippen LogP contribution in [0, 0.1) is 11.7 Å². The molecule has 0 saturated heterocycles. The van der Waals surface area contributed by atoms with E-state index in [9.17, 15) is 12.8 Å². The second-order valence-corrected chi connectivity index (χ2v) is 9.56. The van der Waals surface area contributed by atoms with Crippen LogP contribution in [0.15, 0.2) is 41.3 Å². The van der Waals surface area contributed by atoms with E-state index in [2.05, 4.69) is 6.92 Å². The lowest BCUT2D eigenvalue weighted by Crippen LogP contribution is -2.15. The molecule has 0 radical (unpaired) electrons. The van der Waals surface area contributed by atoms with Gasteiger partial charge in [0.2, 0.25) is 0 Å². The number of sulfone groups is 1. The minimum atomic E-state index is -3.47. The van der Waals surface area contributed by atoms with Gasteiger partial charge >= 0.3 is 0 Å². The van der Waals surface area contributed by atoms with E-state index in [0.717, 1.165) is 24.8 Å². The maximum Gasteiger partial charge on any atom is 0.179 e. The van der Waals surface area contributed by atoms with E-state index in [-0.39, 0.29) is 28.3 Å². The SMILES string of the molecule is CCCCC1CC(c2ccc(F)cc2)c2cc(Cl)c(OC)cc2S(=O)(=O)C1. The van der Waals surface area contributed by atoms with Gasteiger partial charge in [-0.2, -0.15) is 0 Å². The van der Waals surface area contributed by atoms with Crippen LogP contribution >= 0.6 is 11.6 Å². The fourth-order valence-electron chi connectivity index (χ4n) is 3.88. The Morgan fingerprint density at radius 3 is 2.56 bits per heavy atom. The van der Waals surface area contributed by atoms with Gasteiger partial charge in [-0.25, -0.2) is 12.8 Å². The number of methoxy groups -OCH3 is 1. The van der Waals surface area contributed by atoms with Gasteiger partial charge in [-0.15, -0.1) is 0 Å². The van der Waals surface area contributed by atoms with Crippen molar-refractivity contribution in [2.75, 3.05) is 12.9 Å². The average molecular weight is 411 g/mol. The molecule has 1 aliphatic heterocycles. The van der Waals surface area contributed by atoms with Crippen LogP contribution in [0.25, 0.3) is 0 Å². The van der Waals surface area contributed by atoms with Gasteiger partial charge in [0.15, 0.2) is 9.84 Å². The fraction of sp³-hybridized carbons (Fsp3) is 0.429. The lowest BCUT2D eigenvalue weighted by Gasteiger charge is -2.21. The first-order valence-electron chi connectivity index (χ1n) is 9.21. The Balaban J connectivity index is 2.17. The number of rotatable bonds is 5. The lowest BCUT2D eigenvalue weighted by molar-refractivity contribution is 0.413. The molecule has 6 heteroatoms. The minimum absolute atomic E-state index is 0.0437. The maximum atomic E-state index is 13.4. The number of hydrogen-bond donors (Lipinski definition) is 0. The molecule has 2 unspecified atom stereocenters. The van der Waals surface area contributed by atoms with Crippen molar-refractivity contribution in [1.29, 1.82) is 0 Å². The highest BCUT2D eigenvalue weighted by atomic mass is 35.5. The van der Waals surface area contributed by atoms with Crippen LogP contribution in [0.4, 0.5) is 4.39 Å². The molecule has 2 aromatic rings. The molecule has 146 valence electrons. The summed E-state index contributed by atoms with van der Waals surface area (Å²) < 4.78 is 44.9. The van der Waals surface area contributed by atoms with Crippen LogP contribution in [-0.4, -0.2) is 21.3 Å². The first kappa shape index (κ1) is 20.2. The molecule has 2 atom stereocenters. The summed E-state index contributed by atoms with van der Waals surface area (Å²) in [5.41, 5.74) is 1.57. The van der Waals surface area contributed by atoms with Crippen molar-refractivity contribution in [3.63, 3.8) is 0 Å². The molecule has 3 nitrogen and oxygen atoms in total. The van der Waals surface area contributed by atoms with Gasteiger partial charge in [-0.3, -0.25) is 0 Å². The van der Waals surface area contributed by atoms with Crippen molar-refractivity contribution in [3.05, 3.63) is 58.4 Å². The predicted molar refractivity (Wildman–Crippen MR) is 106 cm³/mol. The first-order valence-corrected chi connectivity index (χ1v) is 11.2. The summed E-state index contributed by atoms with van der Waals surface area (Å²) in [7, 11) is -2.00. The van der Waals surface area contributed by atoms with E-state index < -0.39 is 9.84 Å². The highest BCUT2D eigenvalue weighted by molar-refractivity contribution is 7.91. The third-order valence-electron chi connectivity index (χ3n) is 5.26. The molecule has 0 aliphatic carbocycles. The Hall–Kier alpha value is -1.59. The molecule has 0 fully saturated rings. The zero-order valence-electron chi connectivity index (χ0n) is 15.5. The molecular formula is C21H24ClFO3S. The zero-order valence-corrected chi connectivity index (χ0v) is 17.1. The molecule has 0 bridgehead atoms. The molecule has 1 heterocycles. The molecule has 1 aliphatic rings. The predicted octanol–water partition coefficient (Wildman–Crippen LogP) is 5.60. The van der Waals surface area contributed by atoms with Crippen molar-refractivity contribution in [3.8, 4) is 5.75 Å². The van der Waals surface area contributed by atoms with Crippen LogP contribution in [0.3, 0.4) is 0 Å². The summed E-state index contributed by atoms with van der Waals surface area (Å²) in [6, 6.07) is 9.53. The molecule has 0 saturated carbocycles. The van der Waals surface area contributed by atoms with E-state index in [1.807, 2.05) is 0 Å². The van der Waals surface area contributed by atoms with Crippen molar-refractivity contribution in [2.24, 2.45) is 5.92 Å². The molecule has 0 spiro atoms. The molecule has 27 heavy (non-hydrogen) atoms. The lowest BCUT2D eigenvalue weighted by atomic mass is 9.82. The number of fused-ring (bicyclic) bond motifs is 1. The van der Waals surface area contributed by atoms with Gasteiger partial charge in [-0.05, 0) is 48.1 Å². The van der Waals surface area contributed by atoms with E-state index in [1.165, 1.54) is 25.3 Å². The van der Waals surface area contributed by atoms with Gasteiger partial charge < -0.3 is 4.74 Å². The standard InChI is InChI=1S/C21H24ClFO3S/c1-3-4-5-14-10-17(15-6-8-16(23)9-7-15)18-11-19(22)20(26-2)12-21(18)27(24,25)13-14/h6-9,11-12,14,17H,3-5,10,13H2,1-2H3. The molecule has 0 aromatic heterocycles. The Morgan fingerprint density at radius 1 is 1.22 bits per heavy atom. The van der Waals surface area contributed by atoms with Crippen LogP contribution in [-0.2, 0) is 9.84 Å². The van der Waals surface area contributed by atoms with Crippen LogP contribution < -0.4 is 4.74 Å². The van der Waals surface area contributed by atoms with E-state index in [1.54, 1.807) is 18.2 Å². The van der Waals surface area contributed by atoms with Gasteiger partial charge in [0.05, 0.1) is 22.8 Å². The largest absolute Gasteiger partial charge is 0.495 e. The normalized spacial score (nSPS) is 21.3. The minimum Gasteiger partial charge on any atom is -0.495 e. The number of ether oxygens (including phenoxy) is 1. The van der Waals surface area contributed by atoms with Gasteiger partial charge in [0.1, 0.15) is 11.6 Å². The van der Waals surface area contributed by atoms with E-state index >= 15 is 0 Å². The van der Waals surface area contributed by atoms with Crippen LogP contribution in [0.1, 0.15) is 49.7 Å². The monoisotopic (exact) mass is 410 g/mol. The smallest absolute Gasteiger partial charge is 0.179 e. The van der Waals surface area contributed by atoms with Crippen LogP contribution in [0.5, 0.6) is 5.75 Å². The number of benzene rings is 2. The second-order valence-electron chi connectivity index (χ2n) is 7.15. The van der Waals surface area contributed by atoms with E-state index in [0.29, 0.717) is 22.8 Å². The molecular weight excluding hydrogens is 387 g/mol. The third-order valence-corrected chi connectivity index (χ3v) is 7.49. The Kier molecular flexibility index (Phi) is 6.11.